The molecule has 138 valence electrons. The molecule has 1 fully saturated rings. The molecule has 26 heavy (non-hydrogen) atoms. The molecule has 1 unspecified atom stereocenters. The summed E-state index contributed by atoms with van der Waals surface area (Å²) in [4.78, 5) is 12.8. The van der Waals surface area contributed by atoms with Gasteiger partial charge in [-0.2, -0.15) is 0 Å². The van der Waals surface area contributed by atoms with E-state index >= 15 is 0 Å². The first-order valence-electron chi connectivity index (χ1n) is 8.33. The smallest absolute Gasteiger partial charge is 0.255 e. The fourth-order valence-corrected chi connectivity index (χ4v) is 4.44. The first-order valence-corrected chi connectivity index (χ1v) is 9.59. The molecule has 0 aromatic heterocycles. The molecule has 0 bridgehead atoms. The van der Waals surface area contributed by atoms with Gasteiger partial charge in [0.1, 0.15) is 11.6 Å². The van der Waals surface area contributed by atoms with Crippen LogP contribution < -0.4 is 5.32 Å². The van der Waals surface area contributed by atoms with Crippen LogP contribution in [0.1, 0.15) is 36.0 Å². The van der Waals surface area contributed by atoms with E-state index in [0.717, 1.165) is 25.3 Å². The number of aliphatic hydroxyl groups excluding tert-OH is 1. The molecule has 0 heterocycles. The van der Waals surface area contributed by atoms with E-state index in [1.807, 2.05) is 0 Å². The van der Waals surface area contributed by atoms with E-state index < -0.39 is 17.5 Å². The average Bonchev–Trinajstić information content (AvgIpc) is 2.60. The molecule has 2 aromatic rings. The maximum Gasteiger partial charge on any atom is 0.255 e. The zero-order valence-corrected chi connectivity index (χ0v) is 15.4. The van der Waals surface area contributed by atoms with E-state index in [-0.39, 0.29) is 16.4 Å². The summed E-state index contributed by atoms with van der Waals surface area (Å²) in [5.74, 6) is -1.39. The van der Waals surface area contributed by atoms with Gasteiger partial charge in [-0.25, -0.2) is 8.78 Å². The Balaban J connectivity index is 1.73. The normalized spacial score (nSPS) is 20.0. The van der Waals surface area contributed by atoms with Crippen molar-refractivity contribution in [3.05, 3.63) is 58.6 Å². The van der Waals surface area contributed by atoms with E-state index in [1.165, 1.54) is 42.1 Å². The number of amides is 1. The zero-order valence-electron chi connectivity index (χ0n) is 13.8. The van der Waals surface area contributed by atoms with Crippen LogP contribution in [0, 0.1) is 11.6 Å². The topological polar surface area (TPSA) is 49.3 Å². The maximum atomic E-state index is 14.1. The Bertz CT molecular complexity index is 818. The molecule has 2 N–H and O–H groups in total. The van der Waals surface area contributed by atoms with Gasteiger partial charge >= 0.3 is 0 Å². The summed E-state index contributed by atoms with van der Waals surface area (Å²) < 4.78 is 27.3. The molecule has 1 amide bonds. The van der Waals surface area contributed by atoms with Crippen molar-refractivity contribution in [2.24, 2.45) is 0 Å². The van der Waals surface area contributed by atoms with E-state index in [0.29, 0.717) is 22.6 Å². The largest absolute Gasteiger partial charge is 0.393 e. The van der Waals surface area contributed by atoms with Crippen molar-refractivity contribution < 1.29 is 18.7 Å². The highest BCUT2D eigenvalue weighted by Gasteiger charge is 2.22. The number of halogens is 3. The lowest BCUT2D eigenvalue weighted by Crippen LogP contribution is -2.21. The van der Waals surface area contributed by atoms with Gasteiger partial charge < -0.3 is 10.4 Å². The summed E-state index contributed by atoms with van der Waals surface area (Å²) in [5, 5.41) is 12.4. The highest BCUT2D eigenvalue weighted by molar-refractivity contribution is 8.00. The van der Waals surface area contributed by atoms with Gasteiger partial charge in [0.05, 0.1) is 11.1 Å². The van der Waals surface area contributed by atoms with Gasteiger partial charge in [-0.05, 0) is 62.1 Å². The maximum absolute atomic E-state index is 14.1. The third-order valence-electron chi connectivity index (χ3n) is 4.26. The van der Waals surface area contributed by atoms with Crippen molar-refractivity contribution >= 4 is 35.0 Å². The van der Waals surface area contributed by atoms with Crippen LogP contribution in [0.4, 0.5) is 14.5 Å². The molecule has 2 aromatic carbocycles. The number of carbonyl (C=O) groups excluding carboxylic acids is 1. The van der Waals surface area contributed by atoms with Crippen LogP contribution in [0.3, 0.4) is 0 Å². The summed E-state index contributed by atoms with van der Waals surface area (Å²) in [5.41, 5.74) is 0.654. The van der Waals surface area contributed by atoms with Gasteiger partial charge in [0.25, 0.3) is 5.91 Å². The number of carbonyl (C=O) groups is 1. The number of aliphatic hydroxyl groups is 1. The lowest BCUT2D eigenvalue weighted by Gasteiger charge is -2.25. The predicted molar refractivity (Wildman–Crippen MR) is 99.9 cm³/mol. The van der Waals surface area contributed by atoms with Gasteiger partial charge in [0.15, 0.2) is 0 Å². The molecule has 0 radical (unpaired) electrons. The number of hydrogen-bond donors (Lipinski definition) is 2. The molecule has 1 aliphatic rings. The molecule has 1 saturated carbocycles. The zero-order chi connectivity index (χ0) is 18.7. The molecule has 0 saturated heterocycles. The Morgan fingerprint density at radius 2 is 1.92 bits per heavy atom. The Hall–Kier alpha value is -1.63. The molecular weight excluding hydrogens is 380 g/mol. The van der Waals surface area contributed by atoms with Crippen molar-refractivity contribution in [3.8, 4) is 0 Å². The fraction of sp³-hybridized carbons (Fsp3) is 0.316. The number of benzene rings is 2. The molecule has 1 aliphatic carbocycles. The van der Waals surface area contributed by atoms with Crippen LogP contribution in [0.25, 0.3) is 0 Å². The van der Waals surface area contributed by atoms with Crippen LogP contribution >= 0.6 is 23.4 Å². The Kier molecular flexibility index (Phi) is 6.16. The minimum absolute atomic E-state index is 0.0889. The van der Waals surface area contributed by atoms with Crippen LogP contribution in [0.2, 0.25) is 5.02 Å². The lowest BCUT2D eigenvalue weighted by molar-refractivity contribution is 0.102. The predicted octanol–water partition coefficient (Wildman–Crippen LogP) is 5.27. The fourth-order valence-electron chi connectivity index (χ4n) is 2.92. The minimum Gasteiger partial charge on any atom is -0.393 e. The third-order valence-corrected chi connectivity index (χ3v) is 5.88. The summed E-state index contributed by atoms with van der Waals surface area (Å²) in [7, 11) is 0. The van der Waals surface area contributed by atoms with Gasteiger partial charge in [0.2, 0.25) is 0 Å². The van der Waals surface area contributed by atoms with Crippen LogP contribution in [-0.4, -0.2) is 22.4 Å². The number of thioether (sulfide) groups is 1. The molecular formula is C19H18ClF2NO2S. The number of anilines is 1. The molecule has 0 spiro atoms. The average molecular weight is 398 g/mol. The van der Waals surface area contributed by atoms with Crippen molar-refractivity contribution in [2.45, 2.75) is 41.9 Å². The van der Waals surface area contributed by atoms with Gasteiger partial charge in [-0.3, -0.25) is 4.79 Å². The number of nitrogens with one attached hydrogen (secondary N) is 1. The highest BCUT2D eigenvalue weighted by Crippen LogP contribution is 2.35. The van der Waals surface area contributed by atoms with Crippen LogP contribution in [0.15, 0.2) is 41.3 Å². The van der Waals surface area contributed by atoms with E-state index in [2.05, 4.69) is 5.32 Å². The van der Waals surface area contributed by atoms with Gasteiger partial charge in [-0.1, -0.05) is 11.6 Å². The summed E-state index contributed by atoms with van der Waals surface area (Å²) in [6.45, 7) is 0. The molecule has 2 atom stereocenters. The Morgan fingerprint density at radius 3 is 2.65 bits per heavy atom. The van der Waals surface area contributed by atoms with Crippen LogP contribution in [0.5, 0.6) is 0 Å². The minimum atomic E-state index is -0.570. The number of hydrogen-bond acceptors (Lipinski definition) is 3. The van der Waals surface area contributed by atoms with Crippen molar-refractivity contribution in [1.82, 2.24) is 0 Å². The van der Waals surface area contributed by atoms with Gasteiger partial charge in [-0.15, -0.1) is 11.8 Å². The summed E-state index contributed by atoms with van der Waals surface area (Å²) in [6, 6.07) is 8.04. The molecule has 3 rings (SSSR count). The third kappa shape index (κ3) is 4.75. The second-order valence-corrected chi connectivity index (χ2v) is 8.04. The second-order valence-electron chi connectivity index (χ2n) is 6.29. The van der Waals surface area contributed by atoms with Crippen molar-refractivity contribution in [2.75, 3.05) is 5.32 Å². The van der Waals surface area contributed by atoms with E-state index in [1.54, 1.807) is 0 Å². The second kappa shape index (κ2) is 8.37. The highest BCUT2D eigenvalue weighted by atomic mass is 35.5. The van der Waals surface area contributed by atoms with E-state index in [9.17, 15) is 18.7 Å². The Labute approximate surface area is 159 Å². The lowest BCUT2D eigenvalue weighted by atomic mass is 9.97. The standard InChI is InChI=1S/C19H18ClF2NO2S/c20-15-9-12(5-7-16(15)21)23-19(25)11-4-6-17(22)18(8-11)26-14-3-1-2-13(24)10-14/h4-9,13-14,24H,1-3,10H2,(H,23,25)/t13-,14?/m0/s1. The van der Waals surface area contributed by atoms with Gasteiger partial charge in [0, 0.05) is 21.4 Å². The SMILES string of the molecule is O=C(Nc1ccc(F)c(Cl)c1)c1ccc(F)c(SC2CCC[C@H](O)C2)c1. The molecule has 3 nitrogen and oxygen atoms in total. The van der Waals surface area contributed by atoms with Crippen LogP contribution in [-0.2, 0) is 0 Å². The summed E-state index contributed by atoms with van der Waals surface area (Å²) in [6.07, 6.45) is 2.87. The quantitative estimate of drug-likeness (QED) is 0.739. The van der Waals surface area contributed by atoms with E-state index in [4.69, 9.17) is 11.6 Å². The first-order chi connectivity index (χ1) is 12.4. The number of rotatable bonds is 4. The van der Waals surface area contributed by atoms with Crippen molar-refractivity contribution in [3.63, 3.8) is 0 Å². The Morgan fingerprint density at radius 1 is 1.15 bits per heavy atom. The first kappa shape index (κ1) is 19.1. The monoisotopic (exact) mass is 397 g/mol. The molecule has 7 heteroatoms. The summed E-state index contributed by atoms with van der Waals surface area (Å²) >= 11 is 7.06. The van der Waals surface area contributed by atoms with Crippen molar-refractivity contribution in [1.29, 1.82) is 0 Å². The molecule has 0 aliphatic heterocycles.